The van der Waals surface area contributed by atoms with Crippen LogP contribution < -0.4 is 16.0 Å². The van der Waals surface area contributed by atoms with E-state index in [0.29, 0.717) is 18.3 Å². The van der Waals surface area contributed by atoms with Crippen LogP contribution in [0.15, 0.2) is 28.8 Å². The summed E-state index contributed by atoms with van der Waals surface area (Å²) in [6.07, 6.45) is 0. The van der Waals surface area contributed by atoms with Crippen molar-refractivity contribution in [3.05, 3.63) is 36.0 Å². The molecule has 3 N–H and O–H groups in total. The summed E-state index contributed by atoms with van der Waals surface area (Å²) in [6, 6.07) is 7.61. The number of aromatic nitrogens is 2. The van der Waals surface area contributed by atoms with Crippen molar-refractivity contribution in [1.29, 1.82) is 0 Å². The smallest absolute Gasteiger partial charge is 0.246 e. The number of rotatable bonds is 3. The fraction of sp³-hybridized carbons (Fsp3) is 0.357. The van der Waals surface area contributed by atoms with Crippen molar-refractivity contribution in [3.8, 4) is 0 Å². The van der Waals surface area contributed by atoms with Gasteiger partial charge < -0.3 is 20.5 Å². The van der Waals surface area contributed by atoms with Gasteiger partial charge in [-0.2, -0.15) is 4.98 Å². The molecule has 0 unspecified atom stereocenters. The summed E-state index contributed by atoms with van der Waals surface area (Å²) in [5.74, 6) is 0.827. The average molecular weight is 287 g/mol. The van der Waals surface area contributed by atoms with Gasteiger partial charge in [-0.1, -0.05) is 17.3 Å². The number of nitrogens with zero attached hydrogens (tertiary/aromatic N) is 3. The second-order valence-corrected chi connectivity index (χ2v) is 5.65. The minimum atomic E-state index is -0.654. The lowest BCUT2D eigenvalue weighted by Crippen LogP contribution is -2.37. The summed E-state index contributed by atoms with van der Waals surface area (Å²) in [5.41, 5.74) is 7.00. The van der Waals surface area contributed by atoms with Crippen LogP contribution >= 0.6 is 0 Å². The van der Waals surface area contributed by atoms with E-state index < -0.39 is 5.54 Å². The van der Waals surface area contributed by atoms with E-state index in [9.17, 15) is 4.79 Å². The molecular formula is C14H17N5O2. The Labute approximate surface area is 122 Å². The molecule has 2 aromatic rings. The highest BCUT2D eigenvalue weighted by Gasteiger charge is 2.25. The van der Waals surface area contributed by atoms with E-state index in [1.807, 2.05) is 43.0 Å². The van der Waals surface area contributed by atoms with Gasteiger partial charge in [0.1, 0.15) is 0 Å². The molecule has 0 atom stereocenters. The van der Waals surface area contributed by atoms with Crippen molar-refractivity contribution in [2.45, 2.75) is 25.9 Å². The lowest BCUT2D eigenvalue weighted by atomic mass is 10.1. The van der Waals surface area contributed by atoms with Crippen molar-refractivity contribution < 1.29 is 9.32 Å². The van der Waals surface area contributed by atoms with Crippen LogP contribution in [0.3, 0.4) is 0 Å². The summed E-state index contributed by atoms with van der Waals surface area (Å²) in [6.45, 7) is 4.24. The summed E-state index contributed by atoms with van der Waals surface area (Å²) in [4.78, 5) is 17.9. The van der Waals surface area contributed by atoms with Crippen LogP contribution in [0.1, 0.15) is 25.6 Å². The normalized spacial score (nSPS) is 14.8. The Hall–Kier alpha value is -2.41. The number of nitrogens with one attached hydrogen (secondary N) is 1. The molecule has 1 aliphatic rings. The highest BCUT2D eigenvalue weighted by molar-refractivity contribution is 6.00. The highest BCUT2D eigenvalue weighted by Crippen LogP contribution is 2.29. The molecule has 110 valence electrons. The molecule has 0 radical (unpaired) electrons. The highest BCUT2D eigenvalue weighted by atomic mass is 16.5. The van der Waals surface area contributed by atoms with Crippen LogP contribution in [-0.2, 0) is 16.9 Å². The number of carbonyl (C=O) groups excluding carboxylic acids is 1. The summed E-state index contributed by atoms with van der Waals surface area (Å²) >= 11 is 0. The molecule has 0 saturated carbocycles. The topological polar surface area (TPSA) is 97.3 Å². The average Bonchev–Trinajstić information content (AvgIpc) is 2.87. The van der Waals surface area contributed by atoms with Crippen molar-refractivity contribution in [2.75, 3.05) is 16.8 Å². The summed E-state index contributed by atoms with van der Waals surface area (Å²) in [7, 11) is 0. The van der Waals surface area contributed by atoms with E-state index in [1.54, 1.807) is 0 Å². The Morgan fingerprint density at radius 2 is 2.19 bits per heavy atom. The number of nitrogens with two attached hydrogens (primary N) is 1. The van der Waals surface area contributed by atoms with Crippen LogP contribution in [0.2, 0.25) is 0 Å². The molecule has 0 spiro atoms. The van der Waals surface area contributed by atoms with Crippen molar-refractivity contribution in [2.24, 2.45) is 5.73 Å². The number of para-hydroxylation sites is 2. The summed E-state index contributed by atoms with van der Waals surface area (Å²) in [5, 5.41) is 6.73. The Bertz CT molecular complexity index is 674. The maximum atomic E-state index is 11.8. The molecule has 7 heteroatoms. The minimum Gasteiger partial charge on any atom is -0.351 e. The summed E-state index contributed by atoms with van der Waals surface area (Å²) < 4.78 is 5.23. The molecule has 0 saturated heterocycles. The van der Waals surface area contributed by atoms with E-state index >= 15 is 0 Å². The maximum Gasteiger partial charge on any atom is 0.246 e. The van der Waals surface area contributed by atoms with Gasteiger partial charge >= 0.3 is 0 Å². The Morgan fingerprint density at radius 3 is 2.90 bits per heavy atom. The van der Waals surface area contributed by atoms with Crippen LogP contribution in [0, 0.1) is 0 Å². The molecule has 2 heterocycles. The standard InChI is InChI=1S/C14H17N5O2/c1-14(2,15)13-17-12(21-18-13)8-19-7-11(20)16-9-5-3-4-6-10(9)19/h3-6H,7-8,15H2,1-2H3,(H,16,20). The van der Waals surface area contributed by atoms with Crippen LogP contribution in [-0.4, -0.2) is 22.6 Å². The van der Waals surface area contributed by atoms with Gasteiger partial charge in [-0.25, -0.2) is 0 Å². The number of hydrogen-bond acceptors (Lipinski definition) is 6. The van der Waals surface area contributed by atoms with Gasteiger partial charge in [0, 0.05) is 0 Å². The van der Waals surface area contributed by atoms with Gasteiger partial charge in [-0.05, 0) is 26.0 Å². The van der Waals surface area contributed by atoms with E-state index in [2.05, 4.69) is 15.5 Å². The zero-order chi connectivity index (χ0) is 15.0. The van der Waals surface area contributed by atoms with Gasteiger partial charge in [-0.15, -0.1) is 0 Å². The van der Waals surface area contributed by atoms with Crippen LogP contribution in [0.4, 0.5) is 11.4 Å². The first-order chi connectivity index (χ1) is 9.93. The number of fused-ring (bicyclic) bond motifs is 1. The first kappa shape index (κ1) is 13.6. The molecule has 7 nitrogen and oxygen atoms in total. The third-order valence-corrected chi connectivity index (χ3v) is 3.22. The zero-order valence-electron chi connectivity index (χ0n) is 12.0. The first-order valence-corrected chi connectivity index (χ1v) is 6.69. The second-order valence-electron chi connectivity index (χ2n) is 5.65. The molecule has 21 heavy (non-hydrogen) atoms. The third-order valence-electron chi connectivity index (χ3n) is 3.22. The Kier molecular flexibility index (Phi) is 3.13. The molecule has 1 aliphatic heterocycles. The van der Waals surface area contributed by atoms with Crippen LogP contribution in [0.25, 0.3) is 0 Å². The number of carbonyl (C=O) groups is 1. The SMILES string of the molecule is CC(C)(N)c1noc(CN2CC(=O)Nc3ccccc32)n1. The molecular weight excluding hydrogens is 270 g/mol. The third kappa shape index (κ3) is 2.73. The van der Waals surface area contributed by atoms with E-state index in [0.717, 1.165) is 11.4 Å². The largest absolute Gasteiger partial charge is 0.351 e. The lowest BCUT2D eigenvalue weighted by Gasteiger charge is -2.29. The quantitative estimate of drug-likeness (QED) is 0.881. The number of anilines is 2. The van der Waals surface area contributed by atoms with Gasteiger partial charge in [0.25, 0.3) is 0 Å². The van der Waals surface area contributed by atoms with Gasteiger partial charge in [-0.3, -0.25) is 4.79 Å². The molecule has 0 bridgehead atoms. The maximum absolute atomic E-state index is 11.8. The van der Waals surface area contributed by atoms with Gasteiger partial charge in [0.15, 0.2) is 5.82 Å². The first-order valence-electron chi connectivity index (χ1n) is 6.69. The van der Waals surface area contributed by atoms with Gasteiger partial charge in [0.05, 0.1) is 30.0 Å². The second kappa shape index (κ2) is 4.85. The number of amides is 1. The molecule has 1 aromatic carbocycles. The molecule has 1 amide bonds. The Balaban J connectivity index is 1.85. The Morgan fingerprint density at radius 1 is 1.43 bits per heavy atom. The van der Waals surface area contributed by atoms with E-state index in [4.69, 9.17) is 10.3 Å². The predicted molar refractivity (Wildman–Crippen MR) is 77.6 cm³/mol. The fourth-order valence-electron chi connectivity index (χ4n) is 2.19. The monoisotopic (exact) mass is 287 g/mol. The molecule has 1 aromatic heterocycles. The number of hydrogen-bond donors (Lipinski definition) is 2. The molecule has 3 rings (SSSR count). The molecule has 0 aliphatic carbocycles. The van der Waals surface area contributed by atoms with Crippen molar-refractivity contribution in [3.63, 3.8) is 0 Å². The van der Waals surface area contributed by atoms with E-state index in [1.165, 1.54) is 0 Å². The van der Waals surface area contributed by atoms with Crippen LogP contribution in [0.5, 0.6) is 0 Å². The van der Waals surface area contributed by atoms with Crippen molar-refractivity contribution >= 4 is 17.3 Å². The lowest BCUT2D eigenvalue weighted by molar-refractivity contribution is -0.115. The van der Waals surface area contributed by atoms with E-state index in [-0.39, 0.29) is 12.5 Å². The zero-order valence-corrected chi connectivity index (χ0v) is 12.0. The number of benzene rings is 1. The van der Waals surface area contributed by atoms with Crippen molar-refractivity contribution in [1.82, 2.24) is 10.1 Å². The predicted octanol–water partition coefficient (Wildman–Crippen LogP) is 1.22. The molecule has 0 fully saturated rings. The minimum absolute atomic E-state index is 0.0624. The van der Waals surface area contributed by atoms with Gasteiger partial charge in [0.2, 0.25) is 11.8 Å². The fourth-order valence-corrected chi connectivity index (χ4v) is 2.19.